The maximum absolute atomic E-state index is 12.9. The van der Waals surface area contributed by atoms with Crippen LogP contribution in [0.1, 0.15) is 24.0 Å². The number of carbonyl (C=O) groups excluding carboxylic acids is 1. The number of nitrogens with zero attached hydrogens (tertiary/aromatic N) is 3. The molecule has 1 aliphatic heterocycles. The van der Waals surface area contributed by atoms with Crippen molar-refractivity contribution in [1.29, 1.82) is 0 Å². The van der Waals surface area contributed by atoms with Crippen LogP contribution in [0.5, 0.6) is 5.75 Å². The van der Waals surface area contributed by atoms with Crippen molar-refractivity contribution in [2.24, 2.45) is 0 Å². The second-order valence-corrected chi connectivity index (χ2v) is 7.37. The topological polar surface area (TPSA) is 57.7 Å². The van der Waals surface area contributed by atoms with Gasteiger partial charge in [0.2, 0.25) is 0 Å². The van der Waals surface area contributed by atoms with Gasteiger partial charge in [-0.05, 0) is 63.2 Å². The second-order valence-electron chi connectivity index (χ2n) is 7.37. The zero-order valence-electron chi connectivity index (χ0n) is 16.8. The number of hydrogen-bond acceptors (Lipinski definition) is 4. The zero-order valence-corrected chi connectivity index (χ0v) is 16.8. The summed E-state index contributed by atoms with van der Waals surface area (Å²) < 4.78 is 5.79. The van der Waals surface area contributed by atoms with Crippen LogP contribution in [0.2, 0.25) is 0 Å². The minimum Gasteiger partial charge on any atom is -0.491 e. The van der Waals surface area contributed by atoms with E-state index in [0.29, 0.717) is 19.7 Å². The number of amides is 2. The SMILES string of the molecule is Cc1ccccc1OCCNC(=O)N(Cc1cccnc1)C1CCN(C)CC1. The molecule has 1 aliphatic rings. The quantitative estimate of drug-likeness (QED) is 0.748. The van der Waals surface area contributed by atoms with Crippen LogP contribution in [-0.2, 0) is 6.54 Å². The summed E-state index contributed by atoms with van der Waals surface area (Å²) in [6.45, 7) is 5.54. The molecule has 6 nitrogen and oxygen atoms in total. The normalized spacial score (nSPS) is 15.2. The Labute approximate surface area is 167 Å². The van der Waals surface area contributed by atoms with Gasteiger partial charge in [0.05, 0.1) is 6.54 Å². The number of aromatic nitrogens is 1. The third kappa shape index (κ3) is 5.70. The van der Waals surface area contributed by atoms with Crippen molar-refractivity contribution in [2.75, 3.05) is 33.3 Å². The molecule has 0 atom stereocenters. The van der Waals surface area contributed by atoms with E-state index in [2.05, 4.69) is 22.2 Å². The fourth-order valence-corrected chi connectivity index (χ4v) is 3.50. The first-order chi connectivity index (χ1) is 13.6. The number of nitrogens with one attached hydrogen (secondary N) is 1. The number of rotatable bonds is 7. The molecule has 0 radical (unpaired) electrons. The number of likely N-dealkylation sites (tertiary alicyclic amines) is 1. The van der Waals surface area contributed by atoms with Crippen molar-refractivity contribution in [2.45, 2.75) is 32.4 Å². The summed E-state index contributed by atoms with van der Waals surface area (Å²) >= 11 is 0. The average molecular weight is 383 g/mol. The van der Waals surface area contributed by atoms with Crippen LogP contribution in [0, 0.1) is 6.92 Å². The highest BCUT2D eigenvalue weighted by Gasteiger charge is 2.27. The average Bonchev–Trinajstić information content (AvgIpc) is 2.72. The molecule has 0 bridgehead atoms. The summed E-state index contributed by atoms with van der Waals surface area (Å²) in [5.74, 6) is 0.860. The fourth-order valence-electron chi connectivity index (χ4n) is 3.50. The van der Waals surface area contributed by atoms with Crippen LogP contribution < -0.4 is 10.1 Å². The summed E-state index contributed by atoms with van der Waals surface area (Å²) in [5.41, 5.74) is 2.14. The lowest BCUT2D eigenvalue weighted by atomic mass is 10.0. The summed E-state index contributed by atoms with van der Waals surface area (Å²) in [6.07, 6.45) is 5.57. The van der Waals surface area contributed by atoms with Gasteiger partial charge < -0.3 is 19.9 Å². The van der Waals surface area contributed by atoms with Gasteiger partial charge in [-0.15, -0.1) is 0 Å². The molecule has 28 heavy (non-hydrogen) atoms. The summed E-state index contributed by atoms with van der Waals surface area (Å²) in [6, 6.07) is 12.0. The largest absolute Gasteiger partial charge is 0.491 e. The van der Waals surface area contributed by atoms with Crippen LogP contribution >= 0.6 is 0 Å². The fraction of sp³-hybridized carbons (Fsp3) is 0.455. The van der Waals surface area contributed by atoms with E-state index in [1.54, 1.807) is 6.20 Å². The lowest BCUT2D eigenvalue weighted by Crippen LogP contribution is -2.50. The van der Waals surface area contributed by atoms with Crippen LogP contribution in [-0.4, -0.2) is 60.1 Å². The van der Waals surface area contributed by atoms with Crippen molar-refractivity contribution in [1.82, 2.24) is 20.1 Å². The van der Waals surface area contributed by atoms with Crippen molar-refractivity contribution < 1.29 is 9.53 Å². The van der Waals surface area contributed by atoms with E-state index in [9.17, 15) is 4.79 Å². The molecular formula is C22H30N4O2. The number of urea groups is 1. The first kappa shape index (κ1) is 20.1. The summed E-state index contributed by atoms with van der Waals surface area (Å²) in [7, 11) is 2.13. The highest BCUT2D eigenvalue weighted by Crippen LogP contribution is 2.19. The van der Waals surface area contributed by atoms with Crippen molar-refractivity contribution in [3.63, 3.8) is 0 Å². The second kappa shape index (κ2) is 10.1. The number of para-hydroxylation sites is 1. The van der Waals surface area contributed by atoms with Crippen LogP contribution in [0.25, 0.3) is 0 Å². The van der Waals surface area contributed by atoms with E-state index in [1.165, 1.54) is 0 Å². The predicted molar refractivity (Wildman–Crippen MR) is 110 cm³/mol. The number of aryl methyl sites for hydroxylation is 1. The highest BCUT2D eigenvalue weighted by atomic mass is 16.5. The third-order valence-electron chi connectivity index (χ3n) is 5.19. The minimum atomic E-state index is -0.0354. The molecule has 1 aromatic carbocycles. The maximum atomic E-state index is 12.9. The molecule has 2 amide bonds. The maximum Gasteiger partial charge on any atom is 0.318 e. The predicted octanol–water partition coefficient (Wildman–Crippen LogP) is 3.07. The van der Waals surface area contributed by atoms with Gasteiger partial charge in [0.15, 0.2) is 0 Å². The van der Waals surface area contributed by atoms with E-state index in [4.69, 9.17) is 4.74 Å². The van der Waals surface area contributed by atoms with E-state index in [1.807, 2.05) is 54.4 Å². The number of hydrogen-bond donors (Lipinski definition) is 1. The Morgan fingerprint density at radius 1 is 1.25 bits per heavy atom. The summed E-state index contributed by atoms with van der Waals surface area (Å²) in [5, 5.41) is 3.03. The number of piperidine rings is 1. The monoisotopic (exact) mass is 382 g/mol. The molecule has 1 aromatic heterocycles. The number of pyridine rings is 1. The Morgan fingerprint density at radius 2 is 2.04 bits per heavy atom. The number of benzene rings is 1. The van der Waals surface area contributed by atoms with Gasteiger partial charge in [-0.25, -0.2) is 4.79 Å². The van der Waals surface area contributed by atoms with Crippen molar-refractivity contribution >= 4 is 6.03 Å². The number of carbonyl (C=O) groups is 1. The van der Waals surface area contributed by atoms with E-state index < -0.39 is 0 Å². The van der Waals surface area contributed by atoms with Gasteiger partial charge in [-0.1, -0.05) is 24.3 Å². The number of ether oxygens (including phenoxy) is 1. The molecule has 0 unspecified atom stereocenters. The van der Waals surface area contributed by atoms with Crippen molar-refractivity contribution in [3.05, 3.63) is 59.9 Å². The lowest BCUT2D eigenvalue weighted by molar-refractivity contribution is 0.126. The van der Waals surface area contributed by atoms with E-state index in [-0.39, 0.29) is 12.1 Å². The lowest BCUT2D eigenvalue weighted by Gasteiger charge is -2.37. The summed E-state index contributed by atoms with van der Waals surface area (Å²) in [4.78, 5) is 21.4. The van der Waals surface area contributed by atoms with Gasteiger partial charge >= 0.3 is 6.03 Å². The molecule has 0 spiro atoms. The third-order valence-corrected chi connectivity index (χ3v) is 5.19. The molecule has 6 heteroatoms. The molecule has 3 rings (SSSR count). The Bertz CT molecular complexity index is 745. The van der Waals surface area contributed by atoms with E-state index >= 15 is 0 Å². The molecule has 0 saturated carbocycles. The van der Waals surface area contributed by atoms with Crippen LogP contribution in [0.15, 0.2) is 48.8 Å². The van der Waals surface area contributed by atoms with Gasteiger partial charge in [0.25, 0.3) is 0 Å². The molecule has 150 valence electrons. The van der Waals surface area contributed by atoms with Crippen LogP contribution in [0.4, 0.5) is 4.79 Å². The molecule has 1 fully saturated rings. The molecule has 0 aliphatic carbocycles. The standard InChI is InChI=1S/C22H30N4O2/c1-18-6-3-4-8-21(18)28-15-12-24-22(27)26(17-19-7-5-11-23-16-19)20-9-13-25(2)14-10-20/h3-8,11,16,20H,9-10,12-15,17H2,1-2H3,(H,24,27). The van der Waals surface area contributed by atoms with Crippen LogP contribution in [0.3, 0.4) is 0 Å². The molecular weight excluding hydrogens is 352 g/mol. The molecule has 1 N–H and O–H groups in total. The van der Waals surface area contributed by atoms with Gasteiger partial charge in [0.1, 0.15) is 12.4 Å². The smallest absolute Gasteiger partial charge is 0.318 e. The Morgan fingerprint density at radius 3 is 2.75 bits per heavy atom. The Balaban J connectivity index is 1.55. The zero-order chi connectivity index (χ0) is 19.8. The Hall–Kier alpha value is -2.60. The molecule has 2 heterocycles. The molecule has 1 saturated heterocycles. The minimum absolute atomic E-state index is 0.0354. The Kier molecular flexibility index (Phi) is 7.25. The van der Waals surface area contributed by atoms with Gasteiger partial charge in [-0.3, -0.25) is 4.98 Å². The first-order valence-electron chi connectivity index (χ1n) is 9.94. The molecule has 2 aromatic rings. The highest BCUT2D eigenvalue weighted by molar-refractivity contribution is 5.74. The first-order valence-corrected chi connectivity index (χ1v) is 9.94. The van der Waals surface area contributed by atoms with E-state index in [0.717, 1.165) is 42.8 Å². The van der Waals surface area contributed by atoms with Crippen molar-refractivity contribution in [3.8, 4) is 5.75 Å². The van der Waals surface area contributed by atoms with Gasteiger partial charge in [0, 0.05) is 25.0 Å². The van der Waals surface area contributed by atoms with Gasteiger partial charge in [-0.2, -0.15) is 0 Å².